The highest BCUT2D eigenvalue weighted by Crippen LogP contribution is 2.40. The number of esters is 1. The molecular weight excluding hydrogens is 364 g/mol. The van der Waals surface area contributed by atoms with Crippen LogP contribution in [-0.2, 0) is 22.7 Å². The number of rotatable bonds is 8. The Morgan fingerprint density at radius 3 is 2.29 bits per heavy atom. The lowest BCUT2D eigenvalue weighted by Gasteiger charge is -2.10. The van der Waals surface area contributed by atoms with E-state index in [0.29, 0.717) is 40.4 Å². The standard InChI is InChI=1S/C21H22O7/c1-23-14-7-5-13(6-8-14)11-27-12-15-9-16-17(21(22)26-4)10-18(24-2)20(25-3)19(16)28-15/h5-10H,11-12H2,1-4H3. The predicted molar refractivity (Wildman–Crippen MR) is 102 cm³/mol. The highest BCUT2D eigenvalue weighted by Gasteiger charge is 2.22. The molecule has 0 N–H and O–H groups in total. The van der Waals surface area contributed by atoms with E-state index in [9.17, 15) is 4.79 Å². The number of hydrogen-bond donors (Lipinski definition) is 0. The van der Waals surface area contributed by atoms with E-state index in [2.05, 4.69) is 0 Å². The first-order valence-electron chi connectivity index (χ1n) is 8.57. The van der Waals surface area contributed by atoms with E-state index < -0.39 is 5.97 Å². The van der Waals surface area contributed by atoms with Crippen molar-refractivity contribution in [1.29, 1.82) is 0 Å². The number of methoxy groups -OCH3 is 4. The highest BCUT2D eigenvalue weighted by atomic mass is 16.5. The number of hydrogen-bond acceptors (Lipinski definition) is 7. The molecule has 2 aromatic carbocycles. The van der Waals surface area contributed by atoms with Crippen molar-refractivity contribution in [1.82, 2.24) is 0 Å². The molecule has 0 unspecified atom stereocenters. The van der Waals surface area contributed by atoms with Gasteiger partial charge in [0.2, 0.25) is 5.75 Å². The smallest absolute Gasteiger partial charge is 0.338 e. The highest BCUT2D eigenvalue weighted by molar-refractivity contribution is 6.06. The maximum Gasteiger partial charge on any atom is 0.338 e. The number of fused-ring (bicyclic) bond motifs is 1. The molecule has 7 nitrogen and oxygen atoms in total. The van der Waals surface area contributed by atoms with E-state index in [-0.39, 0.29) is 6.61 Å². The lowest BCUT2D eigenvalue weighted by molar-refractivity contribution is 0.0602. The fourth-order valence-corrected chi connectivity index (χ4v) is 2.88. The van der Waals surface area contributed by atoms with Crippen molar-refractivity contribution in [3.05, 3.63) is 53.3 Å². The zero-order valence-corrected chi connectivity index (χ0v) is 16.2. The van der Waals surface area contributed by atoms with Gasteiger partial charge in [-0.3, -0.25) is 0 Å². The molecule has 0 spiro atoms. The van der Waals surface area contributed by atoms with Crippen molar-refractivity contribution >= 4 is 16.9 Å². The Bertz CT molecular complexity index is 957. The molecule has 0 atom stereocenters. The molecular formula is C21H22O7. The summed E-state index contributed by atoms with van der Waals surface area (Å²) in [5.41, 5.74) is 1.75. The van der Waals surface area contributed by atoms with Crippen LogP contribution in [0.2, 0.25) is 0 Å². The van der Waals surface area contributed by atoms with Crippen LogP contribution in [0.3, 0.4) is 0 Å². The fraction of sp³-hybridized carbons (Fsp3) is 0.286. The third-order valence-corrected chi connectivity index (χ3v) is 4.28. The molecule has 0 fully saturated rings. The van der Waals surface area contributed by atoms with Crippen LogP contribution in [0.4, 0.5) is 0 Å². The monoisotopic (exact) mass is 386 g/mol. The van der Waals surface area contributed by atoms with E-state index in [1.54, 1.807) is 19.2 Å². The van der Waals surface area contributed by atoms with E-state index in [1.807, 2.05) is 24.3 Å². The van der Waals surface area contributed by atoms with Crippen molar-refractivity contribution in [2.75, 3.05) is 28.4 Å². The first kappa shape index (κ1) is 19.6. The molecule has 148 valence electrons. The second-order valence-electron chi connectivity index (χ2n) is 5.95. The molecule has 1 aromatic heterocycles. The van der Waals surface area contributed by atoms with E-state index in [1.165, 1.54) is 21.3 Å². The molecule has 3 rings (SSSR count). The Labute approximate surface area is 162 Å². The average molecular weight is 386 g/mol. The minimum atomic E-state index is -0.488. The van der Waals surface area contributed by atoms with Crippen LogP contribution >= 0.6 is 0 Å². The molecule has 0 aliphatic heterocycles. The van der Waals surface area contributed by atoms with Crippen LogP contribution in [0, 0.1) is 0 Å². The Morgan fingerprint density at radius 2 is 1.68 bits per heavy atom. The molecule has 0 aliphatic carbocycles. The third-order valence-electron chi connectivity index (χ3n) is 4.28. The maximum absolute atomic E-state index is 12.2. The van der Waals surface area contributed by atoms with Crippen molar-refractivity contribution in [3.63, 3.8) is 0 Å². The molecule has 0 amide bonds. The second-order valence-corrected chi connectivity index (χ2v) is 5.95. The van der Waals surface area contributed by atoms with Crippen LogP contribution in [-0.4, -0.2) is 34.4 Å². The Morgan fingerprint density at radius 1 is 0.929 bits per heavy atom. The maximum atomic E-state index is 12.2. The van der Waals surface area contributed by atoms with Crippen LogP contribution in [0.15, 0.2) is 40.8 Å². The first-order chi connectivity index (χ1) is 13.6. The van der Waals surface area contributed by atoms with Gasteiger partial charge in [0.1, 0.15) is 18.1 Å². The molecule has 0 aliphatic rings. The number of benzene rings is 2. The topological polar surface area (TPSA) is 76.4 Å². The lowest BCUT2D eigenvalue weighted by atomic mass is 10.1. The Kier molecular flexibility index (Phi) is 6.06. The Hall–Kier alpha value is -3.19. The van der Waals surface area contributed by atoms with Gasteiger partial charge in [0.25, 0.3) is 0 Å². The van der Waals surface area contributed by atoms with Gasteiger partial charge in [-0.05, 0) is 29.8 Å². The van der Waals surface area contributed by atoms with Crippen LogP contribution in [0.25, 0.3) is 11.0 Å². The van der Waals surface area contributed by atoms with E-state index in [4.69, 9.17) is 28.1 Å². The average Bonchev–Trinajstić information content (AvgIpc) is 3.16. The van der Waals surface area contributed by atoms with E-state index in [0.717, 1.165) is 11.3 Å². The van der Waals surface area contributed by atoms with Gasteiger partial charge in [-0.25, -0.2) is 4.79 Å². The van der Waals surface area contributed by atoms with Gasteiger partial charge >= 0.3 is 5.97 Å². The molecule has 28 heavy (non-hydrogen) atoms. The van der Waals surface area contributed by atoms with Gasteiger partial charge in [-0.1, -0.05) is 12.1 Å². The zero-order valence-electron chi connectivity index (χ0n) is 16.2. The molecule has 1 heterocycles. The number of carbonyl (C=O) groups excluding carboxylic acids is 1. The molecule has 0 radical (unpaired) electrons. The van der Waals surface area contributed by atoms with Gasteiger partial charge < -0.3 is 28.1 Å². The van der Waals surface area contributed by atoms with Crippen LogP contribution < -0.4 is 14.2 Å². The zero-order chi connectivity index (χ0) is 20.1. The summed E-state index contributed by atoms with van der Waals surface area (Å²) >= 11 is 0. The van der Waals surface area contributed by atoms with Crippen molar-refractivity contribution in [2.45, 2.75) is 13.2 Å². The van der Waals surface area contributed by atoms with Gasteiger partial charge in [0.05, 0.1) is 40.6 Å². The summed E-state index contributed by atoms with van der Waals surface area (Å²) in [6, 6.07) is 10.9. The van der Waals surface area contributed by atoms with Gasteiger partial charge in [0, 0.05) is 5.39 Å². The second kappa shape index (κ2) is 8.67. The lowest BCUT2D eigenvalue weighted by Crippen LogP contribution is -2.03. The molecule has 3 aromatic rings. The predicted octanol–water partition coefficient (Wildman–Crippen LogP) is 3.96. The summed E-state index contributed by atoms with van der Waals surface area (Å²) < 4.78 is 32.4. The summed E-state index contributed by atoms with van der Waals surface area (Å²) in [6.45, 7) is 0.637. The van der Waals surface area contributed by atoms with Crippen molar-refractivity contribution < 1.29 is 32.9 Å². The van der Waals surface area contributed by atoms with Crippen LogP contribution in [0.5, 0.6) is 17.2 Å². The van der Waals surface area contributed by atoms with Gasteiger partial charge in [-0.2, -0.15) is 0 Å². The van der Waals surface area contributed by atoms with Crippen molar-refractivity contribution in [2.24, 2.45) is 0 Å². The molecule has 0 saturated carbocycles. The summed E-state index contributed by atoms with van der Waals surface area (Å²) in [4.78, 5) is 12.2. The quantitative estimate of drug-likeness (QED) is 0.542. The molecule has 0 saturated heterocycles. The third kappa shape index (κ3) is 3.89. The van der Waals surface area contributed by atoms with Gasteiger partial charge in [-0.15, -0.1) is 0 Å². The minimum Gasteiger partial charge on any atom is -0.497 e. The number of furan rings is 1. The van der Waals surface area contributed by atoms with Gasteiger partial charge in [0.15, 0.2) is 11.3 Å². The number of ether oxygens (including phenoxy) is 5. The minimum absolute atomic E-state index is 0.229. The Balaban J connectivity index is 1.84. The largest absolute Gasteiger partial charge is 0.497 e. The molecule has 7 heteroatoms. The van der Waals surface area contributed by atoms with Crippen LogP contribution in [0.1, 0.15) is 21.7 Å². The van der Waals surface area contributed by atoms with E-state index >= 15 is 0 Å². The summed E-state index contributed by atoms with van der Waals surface area (Å²) in [6.07, 6.45) is 0. The number of carbonyl (C=O) groups is 1. The normalized spacial score (nSPS) is 10.7. The molecule has 0 bridgehead atoms. The summed E-state index contributed by atoms with van der Waals surface area (Å²) in [7, 11) is 5.95. The van der Waals surface area contributed by atoms with Crippen molar-refractivity contribution in [3.8, 4) is 17.2 Å². The fourth-order valence-electron chi connectivity index (χ4n) is 2.88. The summed E-state index contributed by atoms with van der Waals surface area (Å²) in [5, 5.41) is 0.576. The summed E-state index contributed by atoms with van der Waals surface area (Å²) in [5.74, 6) is 1.65. The SMILES string of the molecule is COC(=O)c1cc(OC)c(OC)c2oc(COCc3ccc(OC)cc3)cc12. The first-order valence-corrected chi connectivity index (χ1v) is 8.57.